The molecule has 0 unspecified atom stereocenters. The largest absolute Gasteiger partial charge is 0.454 e. The van der Waals surface area contributed by atoms with Crippen LogP contribution in [0.25, 0.3) is 16.9 Å². The standard InChI is InChI=1S/C27H24N4O4/c1-17-8-10-22(18(2)12-17)31-25(14-21(30-31)19-6-4-3-5-7-19)29-26(32)15-28-27(33)20-9-11-23-24(13-20)35-16-34-23/h3-14H,15-16H2,1-2H3,(H,28,33)(H,29,32). The van der Waals surface area contributed by atoms with Crippen LogP contribution in [0, 0.1) is 13.8 Å². The molecule has 2 amide bonds. The van der Waals surface area contributed by atoms with Crippen LogP contribution in [-0.4, -0.2) is 34.9 Å². The van der Waals surface area contributed by atoms with Gasteiger partial charge in [-0.1, -0.05) is 48.0 Å². The average Bonchev–Trinajstić information content (AvgIpc) is 3.50. The highest BCUT2D eigenvalue weighted by molar-refractivity contribution is 5.99. The number of aromatic nitrogens is 2. The number of aryl methyl sites for hydroxylation is 2. The summed E-state index contributed by atoms with van der Waals surface area (Å²) in [6.45, 7) is 3.96. The van der Waals surface area contributed by atoms with Crippen LogP contribution in [0.4, 0.5) is 5.82 Å². The number of benzene rings is 3. The Labute approximate surface area is 202 Å². The number of fused-ring (bicyclic) bond motifs is 1. The van der Waals surface area contributed by atoms with Gasteiger partial charge in [0.1, 0.15) is 5.82 Å². The van der Waals surface area contributed by atoms with Crippen LogP contribution in [0.15, 0.2) is 72.8 Å². The minimum atomic E-state index is -0.383. The fourth-order valence-corrected chi connectivity index (χ4v) is 3.93. The number of hydrogen-bond acceptors (Lipinski definition) is 5. The summed E-state index contributed by atoms with van der Waals surface area (Å²) in [5, 5.41) is 10.3. The number of hydrogen-bond donors (Lipinski definition) is 2. The molecule has 8 heteroatoms. The van der Waals surface area contributed by atoms with Crippen LogP contribution in [-0.2, 0) is 4.79 Å². The van der Waals surface area contributed by atoms with Crippen LogP contribution in [0.2, 0.25) is 0 Å². The maximum atomic E-state index is 12.8. The van der Waals surface area contributed by atoms with E-state index in [1.165, 1.54) is 0 Å². The molecule has 4 aromatic rings. The fraction of sp³-hybridized carbons (Fsp3) is 0.148. The number of anilines is 1. The average molecular weight is 469 g/mol. The summed E-state index contributed by atoms with van der Waals surface area (Å²) < 4.78 is 12.3. The van der Waals surface area contributed by atoms with Crippen molar-refractivity contribution in [2.24, 2.45) is 0 Å². The van der Waals surface area contributed by atoms with Crippen molar-refractivity contribution in [1.29, 1.82) is 0 Å². The van der Waals surface area contributed by atoms with E-state index < -0.39 is 0 Å². The monoisotopic (exact) mass is 468 g/mol. The van der Waals surface area contributed by atoms with Crippen molar-refractivity contribution in [2.45, 2.75) is 13.8 Å². The number of rotatable bonds is 6. The van der Waals surface area contributed by atoms with E-state index in [2.05, 4.69) is 16.7 Å². The molecular formula is C27H24N4O4. The Hall–Kier alpha value is -4.59. The molecule has 1 aliphatic heterocycles. The fourth-order valence-electron chi connectivity index (χ4n) is 3.93. The molecule has 0 atom stereocenters. The highest BCUT2D eigenvalue weighted by atomic mass is 16.7. The summed E-state index contributed by atoms with van der Waals surface area (Å²) in [6.07, 6.45) is 0. The van der Waals surface area contributed by atoms with Crippen LogP contribution in [0.3, 0.4) is 0 Å². The van der Waals surface area contributed by atoms with Crippen molar-refractivity contribution in [1.82, 2.24) is 15.1 Å². The lowest BCUT2D eigenvalue weighted by Gasteiger charge is -2.12. The van der Waals surface area contributed by atoms with E-state index in [1.54, 1.807) is 22.9 Å². The van der Waals surface area contributed by atoms with Crippen molar-refractivity contribution >= 4 is 17.6 Å². The summed E-state index contributed by atoms with van der Waals surface area (Å²) in [7, 11) is 0. The molecule has 0 aliphatic carbocycles. The first-order valence-electron chi connectivity index (χ1n) is 11.2. The molecule has 3 aromatic carbocycles. The molecule has 0 bridgehead atoms. The third-order valence-electron chi connectivity index (χ3n) is 5.67. The lowest BCUT2D eigenvalue weighted by molar-refractivity contribution is -0.115. The Kier molecular flexibility index (Phi) is 5.93. The van der Waals surface area contributed by atoms with Gasteiger partial charge in [-0.3, -0.25) is 9.59 Å². The predicted octanol–water partition coefficient (Wildman–Crippen LogP) is 4.25. The van der Waals surface area contributed by atoms with Gasteiger partial charge in [0.05, 0.1) is 17.9 Å². The van der Waals surface area contributed by atoms with Gasteiger partial charge >= 0.3 is 0 Å². The normalized spacial score (nSPS) is 11.8. The smallest absolute Gasteiger partial charge is 0.251 e. The maximum absolute atomic E-state index is 12.8. The highest BCUT2D eigenvalue weighted by Gasteiger charge is 2.18. The van der Waals surface area contributed by atoms with Crippen LogP contribution >= 0.6 is 0 Å². The number of nitrogens with one attached hydrogen (secondary N) is 2. The second-order valence-electron chi connectivity index (χ2n) is 8.28. The van der Waals surface area contributed by atoms with Crippen molar-refractivity contribution in [3.05, 3.63) is 89.5 Å². The zero-order chi connectivity index (χ0) is 24.4. The van der Waals surface area contributed by atoms with Gasteiger partial charge < -0.3 is 20.1 Å². The lowest BCUT2D eigenvalue weighted by Crippen LogP contribution is -2.33. The number of carbonyl (C=O) groups excluding carboxylic acids is 2. The molecule has 176 valence electrons. The van der Waals surface area contributed by atoms with Crippen molar-refractivity contribution < 1.29 is 19.1 Å². The first-order chi connectivity index (χ1) is 17.0. The van der Waals surface area contributed by atoms with Crippen LogP contribution in [0.1, 0.15) is 21.5 Å². The van der Waals surface area contributed by atoms with Gasteiger partial charge in [-0.05, 0) is 43.7 Å². The molecule has 5 rings (SSSR count). The van der Waals surface area contributed by atoms with Crippen molar-refractivity contribution in [3.63, 3.8) is 0 Å². The van der Waals surface area contributed by atoms with E-state index in [1.807, 2.05) is 62.4 Å². The Bertz CT molecular complexity index is 1410. The molecule has 1 aromatic heterocycles. The molecule has 2 N–H and O–H groups in total. The highest BCUT2D eigenvalue weighted by Crippen LogP contribution is 2.32. The van der Waals surface area contributed by atoms with E-state index in [0.717, 1.165) is 28.1 Å². The summed E-state index contributed by atoms with van der Waals surface area (Å²) >= 11 is 0. The number of carbonyl (C=O) groups is 2. The second kappa shape index (κ2) is 9.34. The minimum absolute atomic E-state index is 0.127. The van der Waals surface area contributed by atoms with E-state index in [0.29, 0.717) is 22.9 Å². The molecule has 0 radical (unpaired) electrons. The Morgan fingerprint density at radius 3 is 2.54 bits per heavy atom. The van der Waals surface area contributed by atoms with E-state index >= 15 is 0 Å². The van der Waals surface area contributed by atoms with Gasteiger partial charge in [0.15, 0.2) is 11.5 Å². The summed E-state index contributed by atoms with van der Waals surface area (Å²) in [5.74, 6) is 0.857. The SMILES string of the molecule is Cc1ccc(-n2nc(-c3ccccc3)cc2NC(=O)CNC(=O)c2ccc3c(c2)OCO3)c(C)c1. The Balaban J connectivity index is 1.35. The van der Waals surface area contributed by atoms with Crippen molar-refractivity contribution in [2.75, 3.05) is 18.7 Å². The first-order valence-corrected chi connectivity index (χ1v) is 11.2. The molecule has 1 aliphatic rings. The molecule has 0 fully saturated rings. The van der Waals surface area contributed by atoms with Gasteiger partial charge in [0.25, 0.3) is 5.91 Å². The van der Waals surface area contributed by atoms with Crippen molar-refractivity contribution in [3.8, 4) is 28.4 Å². The van der Waals surface area contributed by atoms with E-state index in [9.17, 15) is 9.59 Å². The summed E-state index contributed by atoms with van der Waals surface area (Å²) in [4.78, 5) is 25.3. The lowest BCUT2D eigenvalue weighted by atomic mass is 10.1. The molecule has 0 spiro atoms. The topological polar surface area (TPSA) is 94.5 Å². The molecule has 0 saturated carbocycles. The third kappa shape index (κ3) is 4.72. The Morgan fingerprint density at radius 2 is 1.74 bits per heavy atom. The second-order valence-corrected chi connectivity index (χ2v) is 8.28. The summed E-state index contributed by atoms with van der Waals surface area (Å²) in [6, 6.07) is 22.5. The first kappa shape index (κ1) is 22.2. The van der Waals surface area contributed by atoms with Gasteiger partial charge in [-0.2, -0.15) is 5.10 Å². The van der Waals surface area contributed by atoms with E-state index in [-0.39, 0.29) is 25.2 Å². The van der Waals surface area contributed by atoms with Gasteiger partial charge in [-0.25, -0.2) is 4.68 Å². The molecule has 0 saturated heterocycles. The van der Waals surface area contributed by atoms with Gasteiger partial charge in [-0.15, -0.1) is 0 Å². The minimum Gasteiger partial charge on any atom is -0.454 e. The zero-order valence-electron chi connectivity index (χ0n) is 19.4. The van der Waals surface area contributed by atoms with Gasteiger partial charge in [0.2, 0.25) is 12.7 Å². The predicted molar refractivity (Wildman–Crippen MR) is 132 cm³/mol. The molecule has 35 heavy (non-hydrogen) atoms. The number of nitrogens with zero attached hydrogens (tertiary/aromatic N) is 2. The summed E-state index contributed by atoms with van der Waals surface area (Å²) in [5.41, 5.74) is 5.07. The molecule has 2 heterocycles. The van der Waals surface area contributed by atoms with Gasteiger partial charge in [0, 0.05) is 17.2 Å². The maximum Gasteiger partial charge on any atom is 0.251 e. The third-order valence-corrected chi connectivity index (χ3v) is 5.67. The Morgan fingerprint density at radius 1 is 0.943 bits per heavy atom. The number of ether oxygens (including phenoxy) is 2. The molecule has 8 nitrogen and oxygen atoms in total. The molecular weight excluding hydrogens is 444 g/mol. The van der Waals surface area contributed by atoms with E-state index in [4.69, 9.17) is 14.6 Å². The van der Waals surface area contributed by atoms with Crippen LogP contribution < -0.4 is 20.1 Å². The van der Waals surface area contributed by atoms with Crippen LogP contribution in [0.5, 0.6) is 11.5 Å². The quantitative estimate of drug-likeness (QED) is 0.441. The number of amides is 2. The zero-order valence-corrected chi connectivity index (χ0v) is 19.4.